The summed E-state index contributed by atoms with van der Waals surface area (Å²) in [6, 6.07) is 5.71. The molecular formula is C16H24N2O3S. The normalized spacial score (nSPS) is 15.9. The maximum absolute atomic E-state index is 12.2. The highest BCUT2D eigenvalue weighted by atomic mass is 32.2. The third-order valence-corrected chi connectivity index (χ3v) is 6.41. The van der Waals surface area contributed by atoms with E-state index in [-0.39, 0.29) is 0 Å². The van der Waals surface area contributed by atoms with Gasteiger partial charge in [0.05, 0.1) is 0 Å². The Balaban J connectivity index is 2.17. The van der Waals surface area contributed by atoms with Crippen LogP contribution in [0.4, 0.5) is 11.4 Å². The first-order valence-electron chi connectivity index (χ1n) is 7.49. The van der Waals surface area contributed by atoms with Crippen molar-refractivity contribution in [3.05, 3.63) is 23.8 Å². The van der Waals surface area contributed by atoms with E-state index < -0.39 is 20.5 Å². The third kappa shape index (κ3) is 3.27. The van der Waals surface area contributed by atoms with Gasteiger partial charge in [-0.3, -0.25) is 4.79 Å². The standard InChI is InChI=1S/C16H24N2O3S/c1-12-11-13(7-8-14(12)18-9-5-6-10-18)17-15(19)16(2,3)22(4,20)21/h7-8,11H,5-6,9-10H2,1-4H3,(H,17,19). The van der Waals surface area contributed by atoms with Crippen molar-refractivity contribution >= 4 is 27.1 Å². The highest BCUT2D eigenvalue weighted by Gasteiger charge is 2.38. The molecule has 1 N–H and O–H groups in total. The Bertz CT molecular complexity index is 675. The second-order valence-electron chi connectivity index (χ2n) is 6.43. The summed E-state index contributed by atoms with van der Waals surface area (Å²) in [5, 5.41) is 2.71. The van der Waals surface area contributed by atoms with Crippen molar-refractivity contribution in [3.8, 4) is 0 Å². The van der Waals surface area contributed by atoms with Gasteiger partial charge in [0.2, 0.25) is 5.91 Å². The van der Waals surface area contributed by atoms with Crippen LogP contribution in [0.25, 0.3) is 0 Å². The number of carbonyl (C=O) groups is 1. The average Bonchev–Trinajstić information content (AvgIpc) is 2.91. The Hall–Kier alpha value is -1.56. The van der Waals surface area contributed by atoms with Gasteiger partial charge in [-0.2, -0.15) is 0 Å². The van der Waals surface area contributed by atoms with E-state index in [9.17, 15) is 13.2 Å². The summed E-state index contributed by atoms with van der Waals surface area (Å²) in [4.78, 5) is 14.6. The average molecular weight is 324 g/mol. The van der Waals surface area contributed by atoms with Crippen LogP contribution in [0.2, 0.25) is 0 Å². The van der Waals surface area contributed by atoms with Crippen molar-refractivity contribution in [1.29, 1.82) is 0 Å². The van der Waals surface area contributed by atoms with Crippen LogP contribution in [0.5, 0.6) is 0 Å². The highest BCUT2D eigenvalue weighted by molar-refractivity contribution is 7.92. The second-order valence-corrected chi connectivity index (χ2v) is 9.00. The molecular weight excluding hydrogens is 300 g/mol. The summed E-state index contributed by atoms with van der Waals surface area (Å²) in [6.07, 6.45) is 3.50. The fourth-order valence-corrected chi connectivity index (χ4v) is 2.88. The molecule has 5 nitrogen and oxygen atoms in total. The molecule has 0 spiro atoms. The van der Waals surface area contributed by atoms with Crippen LogP contribution in [0.15, 0.2) is 18.2 Å². The first-order chi connectivity index (χ1) is 10.1. The molecule has 1 heterocycles. The zero-order chi connectivity index (χ0) is 16.5. The molecule has 1 amide bonds. The number of amides is 1. The number of carbonyl (C=O) groups excluding carboxylic acids is 1. The lowest BCUT2D eigenvalue weighted by molar-refractivity contribution is -0.117. The molecule has 1 saturated heterocycles. The van der Waals surface area contributed by atoms with Crippen molar-refractivity contribution in [2.75, 3.05) is 29.6 Å². The zero-order valence-corrected chi connectivity index (χ0v) is 14.5. The fraction of sp³-hybridized carbons (Fsp3) is 0.562. The molecule has 1 aromatic carbocycles. The number of anilines is 2. The molecule has 0 atom stereocenters. The zero-order valence-electron chi connectivity index (χ0n) is 13.6. The molecule has 1 fully saturated rings. The van der Waals surface area contributed by atoms with Gasteiger partial charge < -0.3 is 10.2 Å². The summed E-state index contributed by atoms with van der Waals surface area (Å²) >= 11 is 0. The topological polar surface area (TPSA) is 66.5 Å². The lowest BCUT2D eigenvalue weighted by Gasteiger charge is -2.23. The molecule has 122 valence electrons. The van der Waals surface area contributed by atoms with E-state index in [0.717, 1.165) is 24.9 Å². The maximum atomic E-state index is 12.2. The fourth-order valence-electron chi connectivity index (χ4n) is 2.50. The Morgan fingerprint density at radius 2 is 1.82 bits per heavy atom. The molecule has 0 aromatic heterocycles. The first-order valence-corrected chi connectivity index (χ1v) is 9.39. The van der Waals surface area contributed by atoms with Crippen LogP contribution < -0.4 is 10.2 Å². The van der Waals surface area contributed by atoms with E-state index in [1.165, 1.54) is 32.4 Å². The van der Waals surface area contributed by atoms with Gasteiger partial charge in [0.1, 0.15) is 4.75 Å². The molecule has 0 bridgehead atoms. The number of hydrogen-bond donors (Lipinski definition) is 1. The van der Waals surface area contributed by atoms with Gasteiger partial charge >= 0.3 is 0 Å². The number of aryl methyl sites for hydroxylation is 1. The number of hydrogen-bond acceptors (Lipinski definition) is 4. The molecule has 22 heavy (non-hydrogen) atoms. The molecule has 2 rings (SSSR count). The van der Waals surface area contributed by atoms with Crippen LogP contribution in [0.1, 0.15) is 32.3 Å². The summed E-state index contributed by atoms with van der Waals surface area (Å²) in [6.45, 7) is 6.97. The highest BCUT2D eigenvalue weighted by Crippen LogP contribution is 2.27. The van der Waals surface area contributed by atoms with Gasteiger partial charge in [-0.15, -0.1) is 0 Å². The van der Waals surface area contributed by atoms with E-state index in [2.05, 4.69) is 10.2 Å². The molecule has 0 unspecified atom stereocenters. The summed E-state index contributed by atoms with van der Waals surface area (Å²) in [5.41, 5.74) is 2.89. The van der Waals surface area contributed by atoms with Gasteiger partial charge in [-0.25, -0.2) is 8.42 Å². The molecule has 1 aliphatic rings. The molecule has 1 aliphatic heterocycles. The van der Waals surface area contributed by atoms with Crippen LogP contribution in [-0.4, -0.2) is 38.4 Å². The third-order valence-electron chi connectivity index (χ3n) is 4.38. The SMILES string of the molecule is Cc1cc(NC(=O)C(C)(C)S(C)(=O)=O)ccc1N1CCCC1. The van der Waals surface area contributed by atoms with Crippen LogP contribution in [0.3, 0.4) is 0 Å². The van der Waals surface area contributed by atoms with Crippen molar-refractivity contribution in [2.45, 2.75) is 38.4 Å². The molecule has 6 heteroatoms. The summed E-state index contributed by atoms with van der Waals surface area (Å²) in [7, 11) is -3.47. The van der Waals surface area contributed by atoms with Crippen LogP contribution in [0, 0.1) is 6.92 Å². The number of benzene rings is 1. The van der Waals surface area contributed by atoms with E-state index in [1.807, 2.05) is 25.1 Å². The second kappa shape index (κ2) is 5.91. The predicted molar refractivity (Wildman–Crippen MR) is 90.2 cm³/mol. The van der Waals surface area contributed by atoms with Gasteiger partial charge in [0.15, 0.2) is 9.84 Å². The number of sulfone groups is 1. The van der Waals surface area contributed by atoms with Crippen LogP contribution in [-0.2, 0) is 14.6 Å². The summed E-state index contributed by atoms with van der Waals surface area (Å²) < 4.78 is 22.0. The Morgan fingerprint density at radius 1 is 1.23 bits per heavy atom. The van der Waals surface area contributed by atoms with E-state index in [1.54, 1.807) is 0 Å². The number of rotatable bonds is 4. The summed E-state index contributed by atoms with van der Waals surface area (Å²) in [5.74, 6) is -0.511. The van der Waals surface area contributed by atoms with Crippen molar-refractivity contribution in [3.63, 3.8) is 0 Å². The van der Waals surface area contributed by atoms with Gasteiger partial charge in [-0.1, -0.05) is 0 Å². The predicted octanol–water partition coefficient (Wildman–Crippen LogP) is 2.36. The number of nitrogens with zero attached hydrogens (tertiary/aromatic N) is 1. The smallest absolute Gasteiger partial charge is 0.245 e. The minimum absolute atomic E-state index is 0.511. The lowest BCUT2D eigenvalue weighted by atomic mass is 10.1. The molecule has 0 aliphatic carbocycles. The lowest BCUT2D eigenvalue weighted by Crippen LogP contribution is -2.43. The Labute approximate surface area is 132 Å². The molecule has 0 radical (unpaired) electrons. The van der Waals surface area contributed by atoms with E-state index in [4.69, 9.17) is 0 Å². The first kappa shape index (κ1) is 16.8. The van der Waals surface area contributed by atoms with Crippen molar-refractivity contribution in [2.24, 2.45) is 0 Å². The minimum Gasteiger partial charge on any atom is -0.371 e. The molecule has 0 saturated carbocycles. The largest absolute Gasteiger partial charge is 0.371 e. The monoisotopic (exact) mass is 324 g/mol. The van der Waals surface area contributed by atoms with Crippen molar-refractivity contribution < 1.29 is 13.2 Å². The Kier molecular flexibility index (Phi) is 4.52. The number of nitrogens with one attached hydrogen (secondary N) is 1. The van der Waals surface area contributed by atoms with E-state index in [0.29, 0.717) is 5.69 Å². The maximum Gasteiger partial charge on any atom is 0.245 e. The quantitative estimate of drug-likeness (QED) is 0.923. The molecule has 1 aromatic rings. The van der Waals surface area contributed by atoms with Crippen molar-refractivity contribution in [1.82, 2.24) is 0 Å². The minimum atomic E-state index is -3.47. The Morgan fingerprint density at radius 3 is 2.32 bits per heavy atom. The van der Waals surface area contributed by atoms with Gasteiger partial charge in [0.25, 0.3) is 0 Å². The van der Waals surface area contributed by atoms with E-state index >= 15 is 0 Å². The van der Waals surface area contributed by atoms with Crippen LogP contribution >= 0.6 is 0 Å². The van der Waals surface area contributed by atoms with Gasteiger partial charge in [0, 0.05) is 30.7 Å². The van der Waals surface area contributed by atoms with Gasteiger partial charge in [-0.05, 0) is 57.4 Å².